The van der Waals surface area contributed by atoms with E-state index in [0.29, 0.717) is 16.2 Å². The molecule has 0 fully saturated rings. The molecule has 0 aliphatic heterocycles. The molecular weight excluding hydrogens is 408 g/mol. The number of nitrogens with two attached hydrogens (primary N) is 1. The second-order valence-corrected chi connectivity index (χ2v) is 4.99. The number of nitrogens with zero attached hydrogens (tertiary/aromatic N) is 2. The normalized spacial score (nSPS) is 11.2. The molecule has 2 rings (SSSR count). The Balaban J connectivity index is 0.00000264. The molecule has 1 radical (unpaired) electrons. The molecule has 2 aromatic rings. The van der Waals surface area contributed by atoms with Crippen LogP contribution in [0.15, 0.2) is 16.9 Å². The molecule has 0 amide bonds. The molecular formula is C13H11F3N3O2SY-. The number of nitrogen functional groups attached to an aromatic ring is 1. The van der Waals surface area contributed by atoms with Crippen molar-refractivity contribution in [2.24, 2.45) is 7.05 Å². The Kier molecular flexibility index (Phi) is 5.82. The van der Waals surface area contributed by atoms with Crippen molar-refractivity contribution in [2.45, 2.75) is 13.1 Å². The van der Waals surface area contributed by atoms with E-state index in [9.17, 15) is 23.1 Å². The molecule has 10 heteroatoms. The Hall–Kier alpha value is -1.19. The van der Waals surface area contributed by atoms with Crippen molar-refractivity contribution >= 4 is 17.9 Å². The number of anilines is 1. The van der Waals surface area contributed by atoms with Crippen molar-refractivity contribution < 1.29 is 51.0 Å². The number of benzene rings is 1. The predicted molar refractivity (Wildman–Crippen MR) is 76.5 cm³/mol. The molecule has 5 nitrogen and oxygen atoms in total. The standard InChI is InChI=1S/C13H11F3N3O2S.Y/c1-6-3-4-7(10(17)11(6)21)19-9(20)5-8(13(14,15)16)18(2)12(19)22;/h3,5,21H,17H2,1-2H3;/q-1;. The maximum absolute atomic E-state index is 12.9. The Morgan fingerprint density at radius 1 is 1.39 bits per heavy atom. The summed E-state index contributed by atoms with van der Waals surface area (Å²) in [4.78, 5) is 12.0. The summed E-state index contributed by atoms with van der Waals surface area (Å²) in [6, 6.07) is 4.42. The topological polar surface area (TPSA) is 73.2 Å². The number of aromatic hydroxyl groups is 1. The second-order valence-electron chi connectivity index (χ2n) is 4.63. The van der Waals surface area contributed by atoms with Crippen LogP contribution >= 0.6 is 12.2 Å². The zero-order valence-corrected chi connectivity index (χ0v) is 15.8. The first-order valence-corrected chi connectivity index (χ1v) is 6.37. The molecule has 0 bridgehead atoms. The first-order valence-electron chi connectivity index (χ1n) is 5.96. The van der Waals surface area contributed by atoms with Gasteiger partial charge < -0.3 is 15.4 Å². The van der Waals surface area contributed by atoms with E-state index in [-0.39, 0.29) is 49.8 Å². The van der Waals surface area contributed by atoms with E-state index in [1.54, 1.807) is 6.92 Å². The van der Waals surface area contributed by atoms with Crippen LogP contribution in [0.25, 0.3) is 5.69 Å². The van der Waals surface area contributed by atoms with Gasteiger partial charge in [0.05, 0.1) is 0 Å². The fourth-order valence-electron chi connectivity index (χ4n) is 1.94. The Morgan fingerprint density at radius 2 is 1.96 bits per heavy atom. The summed E-state index contributed by atoms with van der Waals surface area (Å²) in [6.07, 6.45) is -4.72. The number of phenolic OH excluding ortho intramolecular Hbond substituents is 1. The molecule has 0 saturated carbocycles. The molecule has 0 aliphatic carbocycles. The third-order valence-corrected chi connectivity index (χ3v) is 3.60. The van der Waals surface area contributed by atoms with Crippen LogP contribution in [0, 0.1) is 17.8 Å². The van der Waals surface area contributed by atoms with Crippen molar-refractivity contribution in [2.75, 3.05) is 5.73 Å². The Bertz CT molecular complexity index is 874. The Labute approximate surface area is 159 Å². The van der Waals surface area contributed by atoms with Crippen LogP contribution in [-0.2, 0) is 45.9 Å². The average molecular weight is 419 g/mol. The molecule has 1 heterocycles. The maximum atomic E-state index is 12.9. The van der Waals surface area contributed by atoms with Gasteiger partial charge in [-0.1, -0.05) is 6.92 Å². The molecule has 23 heavy (non-hydrogen) atoms. The molecule has 0 saturated heterocycles. The van der Waals surface area contributed by atoms with E-state index >= 15 is 0 Å². The average Bonchev–Trinajstić information content (AvgIpc) is 2.41. The minimum Gasteiger partial charge on any atom is -0.531 e. The molecule has 1 aromatic carbocycles. The van der Waals surface area contributed by atoms with E-state index in [1.807, 2.05) is 0 Å². The van der Waals surface area contributed by atoms with Crippen molar-refractivity contribution in [1.82, 2.24) is 9.13 Å². The van der Waals surface area contributed by atoms with Gasteiger partial charge in [0.25, 0.3) is 5.56 Å². The molecule has 0 unspecified atom stereocenters. The Morgan fingerprint density at radius 3 is 2.48 bits per heavy atom. The number of aromatic nitrogens is 2. The van der Waals surface area contributed by atoms with Gasteiger partial charge >= 0.3 is 6.18 Å². The van der Waals surface area contributed by atoms with Gasteiger partial charge in [0.1, 0.15) is 5.69 Å². The van der Waals surface area contributed by atoms with Crippen LogP contribution < -0.4 is 11.3 Å². The fourth-order valence-corrected chi connectivity index (χ4v) is 2.22. The third kappa shape index (κ3) is 3.51. The number of phenols is 1. The van der Waals surface area contributed by atoms with Crippen LogP contribution in [0.5, 0.6) is 5.75 Å². The molecule has 0 spiro atoms. The van der Waals surface area contributed by atoms with Gasteiger partial charge in [-0.25, -0.2) is 0 Å². The van der Waals surface area contributed by atoms with Crippen LogP contribution in [0.1, 0.15) is 11.3 Å². The quantitative estimate of drug-likeness (QED) is 0.322. The van der Waals surface area contributed by atoms with Crippen molar-refractivity contribution in [3.63, 3.8) is 0 Å². The monoisotopic (exact) mass is 419 g/mol. The minimum absolute atomic E-state index is 0. The zero-order valence-electron chi connectivity index (χ0n) is 12.1. The number of aryl methyl sites for hydroxylation is 1. The minimum atomic E-state index is -4.72. The van der Waals surface area contributed by atoms with E-state index in [0.717, 1.165) is 11.6 Å². The van der Waals surface area contributed by atoms with Crippen LogP contribution in [0.3, 0.4) is 0 Å². The van der Waals surface area contributed by atoms with E-state index in [1.165, 1.54) is 6.07 Å². The number of halogens is 3. The number of hydrogen-bond acceptors (Lipinski definition) is 4. The molecule has 3 N–H and O–H groups in total. The molecule has 121 valence electrons. The van der Waals surface area contributed by atoms with E-state index in [2.05, 4.69) is 6.07 Å². The van der Waals surface area contributed by atoms with Crippen molar-refractivity contribution in [3.8, 4) is 11.4 Å². The predicted octanol–water partition coefficient (Wildman–Crippen LogP) is 2.32. The van der Waals surface area contributed by atoms with E-state index in [4.69, 9.17) is 18.0 Å². The fraction of sp³-hybridized carbons (Fsp3) is 0.231. The zero-order chi connectivity index (χ0) is 16.8. The largest absolute Gasteiger partial charge is 0.531 e. The van der Waals surface area contributed by atoms with Gasteiger partial charge in [-0.3, -0.25) is 9.36 Å². The van der Waals surface area contributed by atoms with Crippen LogP contribution in [0.4, 0.5) is 18.9 Å². The van der Waals surface area contributed by atoms with Gasteiger partial charge in [-0.15, -0.1) is 5.56 Å². The summed E-state index contributed by atoms with van der Waals surface area (Å²) < 4.78 is 39.6. The van der Waals surface area contributed by atoms with Gasteiger partial charge in [0, 0.05) is 51.6 Å². The molecule has 0 atom stereocenters. The summed E-state index contributed by atoms with van der Waals surface area (Å²) in [5.74, 6) is -0.280. The van der Waals surface area contributed by atoms with E-state index < -0.39 is 22.2 Å². The maximum Gasteiger partial charge on any atom is 0.431 e. The van der Waals surface area contributed by atoms with Crippen LogP contribution in [-0.4, -0.2) is 14.2 Å². The van der Waals surface area contributed by atoms with Crippen molar-refractivity contribution in [3.05, 3.63) is 44.6 Å². The summed E-state index contributed by atoms with van der Waals surface area (Å²) >= 11 is 4.92. The van der Waals surface area contributed by atoms with Gasteiger partial charge in [0.15, 0.2) is 4.77 Å². The summed E-state index contributed by atoms with van der Waals surface area (Å²) in [7, 11) is 1.09. The van der Waals surface area contributed by atoms with Crippen LogP contribution in [0.2, 0.25) is 0 Å². The summed E-state index contributed by atoms with van der Waals surface area (Å²) in [6.45, 7) is 1.57. The first kappa shape index (κ1) is 19.9. The second kappa shape index (κ2) is 6.74. The number of alkyl halides is 3. The van der Waals surface area contributed by atoms with Gasteiger partial charge in [-0.05, 0) is 23.6 Å². The third-order valence-electron chi connectivity index (χ3n) is 3.14. The molecule has 0 aliphatic rings. The SMILES string of the molecule is Cc1c[c-]c(-n2c(=O)cc(C(F)(F)F)n(C)c2=S)c(N)c1O.[Y]. The smallest absolute Gasteiger partial charge is 0.431 e. The summed E-state index contributed by atoms with van der Waals surface area (Å²) in [5.41, 5.74) is 3.65. The van der Waals surface area contributed by atoms with Gasteiger partial charge in [0.2, 0.25) is 0 Å². The number of hydrogen-bond donors (Lipinski definition) is 2. The number of rotatable bonds is 1. The molecule has 1 aromatic heterocycles. The van der Waals surface area contributed by atoms with Crippen molar-refractivity contribution in [1.29, 1.82) is 0 Å². The first-order chi connectivity index (χ1) is 10.1. The van der Waals surface area contributed by atoms with Gasteiger partial charge in [-0.2, -0.15) is 25.3 Å². The summed E-state index contributed by atoms with van der Waals surface area (Å²) in [5, 5.41) is 9.80.